The molecule has 1 heterocycles. The monoisotopic (exact) mass is 293 g/mol. The largest absolute Gasteiger partial charge is 0.311 e. The second-order valence-corrected chi connectivity index (χ2v) is 5.90. The van der Waals surface area contributed by atoms with E-state index < -0.39 is 0 Å². The molecule has 0 aliphatic heterocycles. The van der Waals surface area contributed by atoms with Crippen molar-refractivity contribution in [3.8, 4) is 0 Å². The third kappa shape index (κ3) is 2.77. The summed E-state index contributed by atoms with van der Waals surface area (Å²) in [5.74, 6) is 1.13. The molecular formula is C19H23N3. The molecule has 1 aromatic heterocycles. The van der Waals surface area contributed by atoms with Gasteiger partial charge in [0.05, 0.1) is 17.2 Å². The first-order valence-electron chi connectivity index (χ1n) is 7.87. The van der Waals surface area contributed by atoms with Gasteiger partial charge in [-0.2, -0.15) is 0 Å². The lowest BCUT2D eigenvalue weighted by molar-refractivity contribution is 0.211. The van der Waals surface area contributed by atoms with Crippen molar-refractivity contribution in [1.82, 2.24) is 14.5 Å². The third-order valence-corrected chi connectivity index (χ3v) is 4.13. The minimum absolute atomic E-state index is 0.325. The first-order chi connectivity index (χ1) is 10.7. The van der Waals surface area contributed by atoms with Gasteiger partial charge in [-0.1, -0.05) is 49.4 Å². The number of hydrogen-bond donors (Lipinski definition) is 0. The molecule has 0 N–H and O–H groups in total. The fourth-order valence-electron chi connectivity index (χ4n) is 3.11. The van der Waals surface area contributed by atoms with Crippen molar-refractivity contribution in [3.05, 3.63) is 66.0 Å². The first kappa shape index (κ1) is 14.8. The zero-order chi connectivity index (χ0) is 15.5. The molecule has 1 unspecified atom stereocenters. The van der Waals surface area contributed by atoms with E-state index >= 15 is 0 Å². The summed E-state index contributed by atoms with van der Waals surface area (Å²) in [5.41, 5.74) is 3.59. The molecule has 0 spiro atoms. The minimum atomic E-state index is 0.325. The molecule has 0 aliphatic carbocycles. The smallest absolute Gasteiger partial charge is 0.115 e. The molecular weight excluding hydrogens is 270 g/mol. The van der Waals surface area contributed by atoms with Crippen LogP contribution in [0.5, 0.6) is 0 Å². The van der Waals surface area contributed by atoms with Crippen LogP contribution in [-0.4, -0.2) is 28.5 Å². The maximum atomic E-state index is 4.90. The van der Waals surface area contributed by atoms with Gasteiger partial charge in [0.15, 0.2) is 0 Å². The highest BCUT2D eigenvalue weighted by atomic mass is 15.3. The van der Waals surface area contributed by atoms with Gasteiger partial charge in [0.25, 0.3) is 0 Å². The topological polar surface area (TPSA) is 21.1 Å². The van der Waals surface area contributed by atoms with E-state index in [-0.39, 0.29) is 0 Å². The zero-order valence-corrected chi connectivity index (χ0v) is 13.5. The summed E-state index contributed by atoms with van der Waals surface area (Å²) in [5, 5.41) is 0. The van der Waals surface area contributed by atoms with E-state index in [1.54, 1.807) is 0 Å². The summed E-state index contributed by atoms with van der Waals surface area (Å²) in [4.78, 5) is 7.16. The van der Waals surface area contributed by atoms with Gasteiger partial charge in [-0.15, -0.1) is 0 Å². The number of fused-ring (bicyclic) bond motifs is 1. The van der Waals surface area contributed by atoms with Crippen LogP contribution in [0.25, 0.3) is 11.0 Å². The van der Waals surface area contributed by atoms with Crippen LogP contribution in [0.1, 0.15) is 30.9 Å². The van der Waals surface area contributed by atoms with Gasteiger partial charge < -0.3 is 4.57 Å². The average molecular weight is 293 g/mol. The highest BCUT2D eigenvalue weighted by molar-refractivity contribution is 5.76. The number of imidazole rings is 1. The van der Waals surface area contributed by atoms with E-state index in [0.29, 0.717) is 6.17 Å². The predicted octanol–water partition coefficient (Wildman–Crippen LogP) is 4.10. The fourth-order valence-corrected chi connectivity index (χ4v) is 3.11. The molecule has 3 heteroatoms. The van der Waals surface area contributed by atoms with E-state index in [1.165, 1.54) is 11.1 Å². The van der Waals surface area contributed by atoms with Crippen molar-refractivity contribution in [2.24, 2.45) is 0 Å². The van der Waals surface area contributed by atoms with E-state index in [4.69, 9.17) is 4.98 Å². The third-order valence-electron chi connectivity index (χ3n) is 4.13. The lowest BCUT2D eigenvalue weighted by Gasteiger charge is -2.27. The summed E-state index contributed by atoms with van der Waals surface area (Å²) in [6, 6.07) is 19.0. The molecule has 0 fully saturated rings. The normalized spacial score (nSPS) is 12.9. The molecule has 0 saturated carbocycles. The first-order valence-corrected chi connectivity index (χ1v) is 7.87. The Morgan fingerprint density at radius 3 is 2.36 bits per heavy atom. The average Bonchev–Trinajstić information content (AvgIpc) is 2.87. The number of para-hydroxylation sites is 2. The summed E-state index contributed by atoms with van der Waals surface area (Å²) < 4.78 is 2.39. The van der Waals surface area contributed by atoms with Crippen molar-refractivity contribution in [2.45, 2.75) is 25.9 Å². The van der Waals surface area contributed by atoms with E-state index in [1.807, 2.05) is 0 Å². The van der Waals surface area contributed by atoms with Gasteiger partial charge >= 0.3 is 0 Å². The van der Waals surface area contributed by atoms with Gasteiger partial charge in [0.1, 0.15) is 5.82 Å². The second kappa shape index (κ2) is 6.32. The molecule has 0 radical (unpaired) electrons. The molecule has 2 aromatic carbocycles. The molecule has 0 aliphatic rings. The lowest BCUT2D eigenvalue weighted by atomic mass is 10.1. The van der Waals surface area contributed by atoms with E-state index in [9.17, 15) is 0 Å². The number of nitrogens with zero attached hydrogens (tertiary/aromatic N) is 3. The van der Waals surface area contributed by atoms with Crippen LogP contribution in [0, 0.1) is 0 Å². The summed E-state index contributed by atoms with van der Waals surface area (Å²) >= 11 is 0. The molecule has 1 atom stereocenters. The van der Waals surface area contributed by atoms with Crippen LogP contribution in [0.2, 0.25) is 0 Å². The van der Waals surface area contributed by atoms with Gasteiger partial charge in [-0.3, -0.25) is 4.90 Å². The summed E-state index contributed by atoms with van der Waals surface area (Å²) in [6.45, 7) is 2.23. The molecule has 3 aromatic rings. The number of benzene rings is 2. The van der Waals surface area contributed by atoms with Crippen LogP contribution in [0.4, 0.5) is 0 Å². The Bertz CT molecular complexity index is 744. The summed E-state index contributed by atoms with van der Waals surface area (Å²) in [6.07, 6.45) is 2.24. The van der Waals surface area contributed by atoms with Crippen LogP contribution in [0.15, 0.2) is 54.6 Å². The van der Waals surface area contributed by atoms with Crippen molar-refractivity contribution < 1.29 is 0 Å². The molecule has 3 rings (SSSR count). The Balaban J connectivity index is 2.12. The number of rotatable bonds is 5. The van der Waals surface area contributed by atoms with Gasteiger partial charge in [0, 0.05) is 6.42 Å². The van der Waals surface area contributed by atoms with Gasteiger partial charge in [-0.25, -0.2) is 4.98 Å². The molecule has 0 saturated heterocycles. The SMILES string of the molecule is CCC(N(C)C)n1c(Cc2ccccc2)nc2ccccc21. The molecule has 0 bridgehead atoms. The van der Waals surface area contributed by atoms with Crippen LogP contribution >= 0.6 is 0 Å². The van der Waals surface area contributed by atoms with Crippen molar-refractivity contribution in [1.29, 1.82) is 0 Å². The lowest BCUT2D eigenvalue weighted by Crippen LogP contribution is -2.26. The Hall–Kier alpha value is -2.13. The number of hydrogen-bond acceptors (Lipinski definition) is 2. The molecule has 22 heavy (non-hydrogen) atoms. The number of aromatic nitrogens is 2. The molecule has 3 nitrogen and oxygen atoms in total. The van der Waals surface area contributed by atoms with E-state index in [0.717, 1.165) is 24.2 Å². The summed E-state index contributed by atoms with van der Waals surface area (Å²) in [7, 11) is 4.27. The van der Waals surface area contributed by atoms with Crippen molar-refractivity contribution in [3.63, 3.8) is 0 Å². The second-order valence-electron chi connectivity index (χ2n) is 5.90. The zero-order valence-electron chi connectivity index (χ0n) is 13.5. The van der Waals surface area contributed by atoms with Crippen LogP contribution in [-0.2, 0) is 6.42 Å². The Labute approximate surface area is 132 Å². The maximum absolute atomic E-state index is 4.90. The Kier molecular flexibility index (Phi) is 4.25. The fraction of sp³-hybridized carbons (Fsp3) is 0.316. The van der Waals surface area contributed by atoms with Crippen LogP contribution < -0.4 is 0 Å². The van der Waals surface area contributed by atoms with Crippen LogP contribution in [0.3, 0.4) is 0 Å². The van der Waals surface area contributed by atoms with E-state index in [2.05, 4.69) is 85.1 Å². The van der Waals surface area contributed by atoms with Gasteiger partial charge in [-0.05, 0) is 38.2 Å². The maximum Gasteiger partial charge on any atom is 0.115 e. The Morgan fingerprint density at radius 2 is 1.68 bits per heavy atom. The van der Waals surface area contributed by atoms with Crippen molar-refractivity contribution >= 4 is 11.0 Å². The van der Waals surface area contributed by atoms with Gasteiger partial charge in [0.2, 0.25) is 0 Å². The van der Waals surface area contributed by atoms with Crippen molar-refractivity contribution in [2.75, 3.05) is 14.1 Å². The molecule has 0 amide bonds. The Morgan fingerprint density at radius 1 is 1.00 bits per heavy atom. The molecule has 114 valence electrons. The highest BCUT2D eigenvalue weighted by Crippen LogP contribution is 2.26. The quantitative estimate of drug-likeness (QED) is 0.706. The standard InChI is InChI=1S/C19H23N3/c1-4-19(21(2)3)22-17-13-9-8-12-16(17)20-18(22)14-15-10-6-5-7-11-15/h5-13,19H,4,14H2,1-3H3. The highest BCUT2D eigenvalue weighted by Gasteiger charge is 2.19. The predicted molar refractivity (Wildman–Crippen MR) is 92.0 cm³/mol. The minimum Gasteiger partial charge on any atom is -0.311 e.